The predicted molar refractivity (Wildman–Crippen MR) is 45.0 cm³/mol. The second-order valence-corrected chi connectivity index (χ2v) is 2.94. The van der Waals surface area contributed by atoms with Gasteiger partial charge < -0.3 is 15.3 Å². The summed E-state index contributed by atoms with van der Waals surface area (Å²) in [6, 6.07) is 2.72. The zero-order chi connectivity index (χ0) is 9.30. The maximum Gasteiger partial charge on any atom is 0.178 e. The summed E-state index contributed by atoms with van der Waals surface area (Å²) in [6.45, 7) is 1.66. The highest BCUT2D eigenvalue weighted by atomic mass is 35.5. The maximum absolute atomic E-state index is 9.11. The lowest BCUT2D eigenvalue weighted by atomic mass is 10.1. The smallest absolute Gasteiger partial charge is 0.178 e. The largest absolute Gasteiger partial charge is 0.506 e. The summed E-state index contributed by atoms with van der Waals surface area (Å²) in [5, 5.41) is 26.9. The Labute approximate surface area is 74.8 Å². The lowest BCUT2D eigenvalue weighted by Gasteiger charge is -2.08. The molecule has 12 heavy (non-hydrogen) atoms. The quantitative estimate of drug-likeness (QED) is 0.583. The van der Waals surface area contributed by atoms with Gasteiger partial charge in [-0.1, -0.05) is 11.6 Å². The van der Waals surface area contributed by atoms with Gasteiger partial charge in [0, 0.05) is 5.56 Å². The molecule has 0 heterocycles. The second-order valence-electron chi connectivity index (χ2n) is 2.53. The van der Waals surface area contributed by atoms with Crippen LogP contribution < -0.4 is 0 Å². The van der Waals surface area contributed by atoms with E-state index in [1.807, 2.05) is 0 Å². The highest BCUT2D eigenvalue weighted by Gasteiger charge is 2.09. The number of phenols is 1. The number of hydrogen-bond acceptors (Lipinski definition) is 3. The van der Waals surface area contributed by atoms with E-state index in [0.29, 0.717) is 11.1 Å². The summed E-state index contributed by atoms with van der Waals surface area (Å²) in [7, 11) is 0. The van der Waals surface area contributed by atoms with Gasteiger partial charge in [-0.25, -0.2) is 0 Å². The van der Waals surface area contributed by atoms with Gasteiger partial charge in [-0.05, 0) is 24.6 Å². The molecule has 0 bridgehead atoms. The molecule has 1 rings (SSSR count). The van der Waals surface area contributed by atoms with E-state index < -0.39 is 6.29 Å². The van der Waals surface area contributed by atoms with Crippen LogP contribution in [-0.4, -0.2) is 15.3 Å². The Morgan fingerprint density at radius 2 is 1.92 bits per heavy atom. The first kappa shape index (κ1) is 9.32. The first-order valence-corrected chi connectivity index (χ1v) is 3.75. The Hall–Kier alpha value is -0.770. The summed E-state index contributed by atoms with van der Waals surface area (Å²) in [6.07, 6.45) is -1.55. The third-order valence-electron chi connectivity index (χ3n) is 1.61. The SMILES string of the molecule is Cc1cc(O)c(Cl)cc1C(O)O. The highest BCUT2D eigenvalue weighted by molar-refractivity contribution is 6.32. The van der Waals surface area contributed by atoms with Crippen LogP contribution in [0.3, 0.4) is 0 Å². The Balaban J connectivity index is 3.23. The number of hydrogen-bond donors (Lipinski definition) is 3. The van der Waals surface area contributed by atoms with Crippen molar-refractivity contribution in [1.29, 1.82) is 0 Å². The lowest BCUT2D eigenvalue weighted by Crippen LogP contribution is -1.97. The van der Waals surface area contributed by atoms with Crippen molar-refractivity contribution in [2.24, 2.45) is 0 Å². The molecule has 0 aliphatic rings. The van der Waals surface area contributed by atoms with Crippen LogP contribution in [0.1, 0.15) is 17.4 Å². The van der Waals surface area contributed by atoms with Gasteiger partial charge in [0.25, 0.3) is 0 Å². The molecule has 1 aromatic carbocycles. The van der Waals surface area contributed by atoms with Gasteiger partial charge in [0.2, 0.25) is 0 Å². The van der Waals surface area contributed by atoms with Crippen LogP contribution in [0.15, 0.2) is 12.1 Å². The van der Waals surface area contributed by atoms with E-state index in [4.69, 9.17) is 26.9 Å². The third-order valence-corrected chi connectivity index (χ3v) is 1.92. The van der Waals surface area contributed by atoms with E-state index in [-0.39, 0.29) is 10.8 Å². The molecule has 0 radical (unpaired) electrons. The second kappa shape index (κ2) is 3.31. The number of halogens is 1. The van der Waals surface area contributed by atoms with Crippen LogP contribution in [0.25, 0.3) is 0 Å². The predicted octanol–water partition coefficient (Wildman–Crippen LogP) is 1.34. The number of phenolic OH excluding ortho intramolecular Hbond substituents is 1. The molecule has 0 amide bonds. The average molecular weight is 189 g/mol. The van der Waals surface area contributed by atoms with Crippen LogP contribution in [0.4, 0.5) is 0 Å². The maximum atomic E-state index is 9.11. The van der Waals surface area contributed by atoms with Crippen LogP contribution in [0, 0.1) is 6.92 Å². The molecule has 0 saturated carbocycles. The molecule has 0 spiro atoms. The number of aliphatic hydroxyl groups excluding tert-OH is 1. The zero-order valence-corrected chi connectivity index (χ0v) is 7.21. The average Bonchev–Trinajstić information content (AvgIpc) is 1.96. The number of rotatable bonds is 1. The lowest BCUT2D eigenvalue weighted by molar-refractivity contribution is -0.0429. The van der Waals surface area contributed by atoms with Crippen LogP contribution in [-0.2, 0) is 0 Å². The van der Waals surface area contributed by atoms with Crippen molar-refractivity contribution in [3.05, 3.63) is 28.3 Å². The fourth-order valence-corrected chi connectivity index (χ4v) is 1.13. The Morgan fingerprint density at radius 1 is 1.33 bits per heavy atom. The van der Waals surface area contributed by atoms with Crippen molar-refractivity contribution >= 4 is 11.6 Å². The van der Waals surface area contributed by atoms with E-state index in [2.05, 4.69) is 0 Å². The first-order valence-electron chi connectivity index (χ1n) is 3.37. The molecule has 1 aromatic rings. The van der Waals surface area contributed by atoms with Crippen molar-refractivity contribution in [3.8, 4) is 5.75 Å². The van der Waals surface area contributed by atoms with Crippen molar-refractivity contribution in [2.45, 2.75) is 13.2 Å². The molecule has 0 aliphatic heterocycles. The normalized spacial score (nSPS) is 10.8. The molecule has 4 heteroatoms. The minimum absolute atomic E-state index is 0.0569. The van der Waals surface area contributed by atoms with Crippen molar-refractivity contribution in [2.75, 3.05) is 0 Å². The van der Waals surface area contributed by atoms with Gasteiger partial charge in [-0.2, -0.15) is 0 Å². The number of benzene rings is 1. The van der Waals surface area contributed by atoms with Crippen molar-refractivity contribution < 1.29 is 15.3 Å². The van der Waals surface area contributed by atoms with Gasteiger partial charge >= 0.3 is 0 Å². The topological polar surface area (TPSA) is 60.7 Å². The summed E-state index contributed by atoms with van der Waals surface area (Å²) in [5.41, 5.74) is 0.893. The summed E-state index contributed by atoms with van der Waals surface area (Å²) in [4.78, 5) is 0. The summed E-state index contributed by atoms with van der Waals surface area (Å²) < 4.78 is 0. The molecular formula is C8H9ClO3. The third kappa shape index (κ3) is 1.69. The Morgan fingerprint density at radius 3 is 2.42 bits per heavy atom. The van der Waals surface area contributed by atoms with Crippen molar-refractivity contribution in [1.82, 2.24) is 0 Å². The Kier molecular flexibility index (Phi) is 2.57. The first-order chi connectivity index (χ1) is 5.52. The minimum Gasteiger partial charge on any atom is -0.506 e. The fraction of sp³-hybridized carbons (Fsp3) is 0.250. The monoisotopic (exact) mass is 188 g/mol. The molecule has 0 unspecified atom stereocenters. The van der Waals surface area contributed by atoms with Gasteiger partial charge in [-0.15, -0.1) is 0 Å². The number of aliphatic hydroxyl groups is 2. The molecule has 0 aromatic heterocycles. The van der Waals surface area contributed by atoms with Gasteiger partial charge in [-0.3, -0.25) is 0 Å². The molecule has 0 fully saturated rings. The molecule has 0 aliphatic carbocycles. The number of aryl methyl sites for hydroxylation is 1. The molecule has 3 N–H and O–H groups in total. The van der Waals surface area contributed by atoms with Crippen LogP contribution in [0.5, 0.6) is 5.75 Å². The Bertz CT molecular complexity index is 297. The highest BCUT2D eigenvalue weighted by Crippen LogP contribution is 2.28. The standard InChI is InChI=1S/C8H9ClO3/c1-4-2-7(10)6(9)3-5(4)8(11)12/h2-3,8,10-12H,1H3. The fourth-order valence-electron chi connectivity index (χ4n) is 0.960. The number of aromatic hydroxyl groups is 1. The van der Waals surface area contributed by atoms with Crippen molar-refractivity contribution in [3.63, 3.8) is 0 Å². The molecular weight excluding hydrogens is 180 g/mol. The molecule has 3 nitrogen and oxygen atoms in total. The van der Waals surface area contributed by atoms with E-state index >= 15 is 0 Å². The minimum atomic E-state index is -1.55. The van der Waals surface area contributed by atoms with E-state index in [1.165, 1.54) is 12.1 Å². The molecule has 66 valence electrons. The summed E-state index contributed by atoms with van der Waals surface area (Å²) in [5.74, 6) is -0.0569. The zero-order valence-electron chi connectivity index (χ0n) is 6.45. The van der Waals surface area contributed by atoms with E-state index in [1.54, 1.807) is 6.92 Å². The van der Waals surface area contributed by atoms with Gasteiger partial charge in [0.1, 0.15) is 5.75 Å². The van der Waals surface area contributed by atoms with E-state index in [0.717, 1.165) is 0 Å². The molecule has 0 saturated heterocycles. The van der Waals surface area contributed by atoms with Gasteiger partial charge in [0.15, 0.2) is 6.29 Å². The summed E-state index contributed by atoms with van der Waals surface area (Å²) >= 11 is 5.56. The van der Waals surface area contributed by atoms with Gasteiger partial charge in [0.05, 0.1) is 5.02 Å². The van der Waals surface area contributed by atoms with Crippen LogP contribution in [0.2, 0.25) is 5.02 Å². The van der Waals surface area contributed by atoms with E-state index in [9.17, 15) is 0 Å². The van der Waals surface area contributed by atoms with Crippen LogP contribution >= 0.6 is 11.6 Å². The molecule has 0 atom stereocenters.